The van der Waals surface area contributed by atoms with Crippen molar-refractivity contribution in [2.75, 3.05) is 13.7 Å². The Morgan fingerprint density at radius 2 is 2.22 bits per heavy atom. The average molecular weight is 276 g/mol. The minimum atomic E-state index is -3.40. The Labute approximate surface area is 108 Å². The molecule has 0 aromatic carbocycles. The van der Waals surface area contributed by atoms with Gasteiger partial charge in [-0.05, 0) is 19.8 Å². The predicted molar refractivity (Wildman–Crippen MR) is 68.2 cm³/mol. The van der Waals surface area contributed by atoms with Gasteiger partial charge in [0.25, 0.3) is 0 Å². The van der Waals surface area contributed by atoms with Gasteiger partial charge in [-0.15, -0.1) is 0 Å². The molecule has 2 unspecified atom stereocenters. The van der Waals surface area contributed by atoms with Gasteiger partial charge in [0.15, 0.2) is 0 Å². The molecular weight excluding hydrogens is 255 g/mol. The lowest BCUT2D eigenvalue weighted by atomic mass is 10.2. The van der Waals surface area contributed by atoms with Crippen molar-refractivity contribution in [3.05, 3.63) is 18.7 Å². The molecule has 6 nitrogen and oxygen atoms in total. The van der Waals surface area contributed by atoms with Gasteiger partial charge in [0, 0.05) is 26.0 Å². The highest BCUT2D eigenvalue weighted by atomic mass is 31.2. The van der Waals surface area contributed by atoms with Crippen molar-refractivity contribution in [2.45, 2.75) is 39.3 Å². The Hall–Kier alpha value is -0.680. The maximum absolute atomic E-state index is 12.0. The average Bonchev–Trinajstić information content (AvgIpc) is 2.88. The second-order valence-electron chi connectivity index (χ2n) is 3.77. The Balaban J connectivity index is 2.47. The molecule has 0 fully saturated rings. The van der Waals surface area contributed by atoms with Gasteiger partial charge in [-0.25, -0.2) is 9.55 Å². The first-order valence-corrected chi connectivity index (χ1v) is 7.54. The molecular formula is C11H21N2O4P. The minimum absolute atomic E-state index is 0.162. The number of aromatic nitrogens is 2. The molecule has 0 aliphatic rings. The number of phosphoric acid groups is 1. The van der Waals surface area contributed by atoms with E-state index in [1.807, 2.05) is 17.7 Å². The van der Waals surface area contributed by atoms with E-state index in [4.69, 9.17) is 13.6 Å². The fourth-order valence-electron chi connectivity index (χ4n) is 1.51. The smallest absolute Gasteiger partial charge is 0.337 e. The Morgan fingerprint density at radius 3 is 2.72 bits per heavy atom. The van der Waals surface area contributed by atoms with Crippen molar-refractivity contribution >= 4 is 7.82 Å². The van der Waals surface area contributed by atoms with Crippen molar-refractivity contribution in [1.29, 1.82) is 0 Å². The highest BCUT2D eigenvalue weighted by molar-refractivity contribution is 7.48. The number of rotatable bonds is 9. The lowest BCUT2D eigenvalue weighted by Gasteiger charge is -2.21. The first-order valence-electron chi connectivity index (χ1n) is 6.08. The number of aryl methyl sites for hydroxylation is 1. The first kappa shape index (κ1) is 15.4. The molecule has 1 aromatic rings. The highest BCUT2D eigenvalue weighted by Gasteiger charge is 2.28. The van der Waals surface area contributed by atoms with Crippen LogP contribution in [0, 0.1) is 0 Å². The summed E-state index contributed by atoms with van der Waals surface area (Å²) >= 11 is 0. The molecule has 0 aliphatic heterocycles. The zero-order valence-electron chi connectivity index (χ0n) is 11.1. The van der Waals surface area contributed by atoms with Gasteiger partial charge < -0.3 is 4.57 Å². The summed E-state index contributed by atoms with van der Waals surface area (Å²) in [5.74, 6) is 0. The van der Waals surface area contributed by atoms with Gasteiger partial charge in [0.2, 0.25) is 0 Å². The first-order chi connectivity index (χ1) is 8.63. The quantitative estimate of drug-likeness (QED) is 0.649. The molecule has 7 heteroatoms. The standard InChI is InChI=1S/C11H21N2O4P/c1-4-11(6-8-13-9-7-12-10-13)17-18(14,15-3)16-5-2/h7,9-11H,4-6,8H2,1-3H3. The van der Waals surface area contributed by atoms with Gasteiger partial charge in [-0.1, -0.05) is 6.92 Å². The van der Waals surface area contributed by atoms with Crippen LogP contribution in [0.25, 0.3) is 0 Å². The third kappa shape index (κ3) is 4.90. The van der Waals surface area contributed by atoms with E-state index in [2.05, 4.69) is 4.98 Å². The van der Waals surface area contributed by atoms with Crippen molar-refractivity contribution in [3.63, 3.8) is 0 Å². The van der Waals surface area contributed by atoms with Crippen LogP contribution in [0.2, 0.25) is 0 Å². The largest absolute Gasteiger partial charge is 0.474 e. The molecule has 0 amide bonds. The molecule has 1 heterocycles. The van der Waals surface area contributed by atoms with Gasteiger partial charge in [0.1, 0.15) is 0 Å². The SMILES string of the molecule is CCOP(=O)(OC)OC(CC)CCn1ccnc1. The Bertz CT molecular complexity index is 369. The monoisotopic (exact) mass is 276 g/mol. The fourth-order valence-corrected chi connectivity index (χ4v) is 2.70. The van der Waals surface area contributed by atoms with E-state index in [0.717, 1.165) is 19.4 Å². The zero-order valence-corrected chi connectivity index (χ0v) is 12.0. The molecule has 0 radical (unpaired) electrons. The van der Waals surface area contributed by atoms with Crippen LogP contribution in [0.1, 0.15) is 26.7 Å². The molecule has 0 saturated heterocycles. The van der Waals surface area contributed by atoms with E-state index < -0.39 is 7.82 Å². The topological polar surface area (TPSA) is 62.6 Å². The van der Waals surface area contributed by atoms with Crippen LogP contribution in [0.4, 0.5) is 0 Å². The summed E-state index contributed by atoms with van der Waals surface area (Å²) in [5.41, 5.74) is 0. The molecule has 0 bridgehead atoms. The van der Waals surface area contributed by atoms with E-state index in [1.165, 1.54) is 7.11 Å². The van der Waals surface area contributed by atoms with Crippen molar-refractivity contribution in [3.8, 4) is 0 Å². The number of nitrogens with zero attached hydrogens (tertiary/aromatic N) is 2. The van der Waals surface area contributed by atoms with Crippen LogP contribution in [-0.2, 0) is 24.7 Å². The maximum Gasteiger partial charge on any atom is 0.474 e. The lowest BCUT2D eigenvalue weighted by molar-refractivity contribution is 0.0853. The number of hydrogen-bond acceptors (Lipinski definition) is 5. The van der Waals surface area contributed by atoms with Gasteiger partial charge >= 0.3 is 7.82 Å². The number of hydrogen-bond donors (Lipinski definition) is 0. The molecule has 104 valence electrons. The zero-order chi connectivity index (χ0) is 13.4. The number of phosphoric ester groups is 1. The van der Waals surface area contributed by atoms with E-state index >= 15 is 0 Å². The molecule has 1 rings (SSSR count). The summed E-state index contributed by atoms with van der Waals surface area (Å²) in [4.78, 5) is 3.96. The van der Waals surface area contributed by atoms with E-state index in [1.54, 1.807) is 19.4 Å². The molecule has 18 heavy (non-hydrogen) atoms. The normalized spacial score (nSPS) is 16.4. The summed E-state index contributed by atoms with van der Waals surface area (Å²) < 4.78 is 29.3. The summed E-state index contributed by atoms with van der Waals surface area (Å²) in [6.45, 7) is 4.78. The van der Waals surface area contributed by atoms with Crippen molar-refractivity contribution in [1.82, 2.24) is 9.55 Å². The molecule has 1 aromatic heterocycles. The van der Waals surface area contributed by atoms with Crippen LogP contribution in [-0.4, -0.2) is 29.4 Å². The second-order valence-corrected chi connectivity index (χ2v) is 5.50. The highest BCUT2D eigenvalue weighted by Crippen LogP contribution is 2.50. The van der Waals surface area contributed by atoms with Crippen molar-refractivity contribution < 1.29 is 18.1 Å². The summed E-state index contributed by atoms with van der Waals surface area (Å²) in [5, 5.41) is 0. The second kappa shape index (κ2) is 7.69. The van der Waals surface area contributed by atoms with Crippen molar-refractivity contribution in [2.24, 2.45) is 0 Å². The summed E-state index contributed by atoms with van der Waals surface area (Å²) in [6, 6.07) is 0. The van der Waals surface area contributed by atoms with Crippen LogP contribution < -0.4 is 0 Å². The Kier molecular flexibility index (Phi) is 6.57. The van der Waals surface area contributed by atoms with Gasteiger partial charge in [0.05, 0.1) is 19.0 Å². The summed E-state index contributed by atoms with van der Waals surface area (Å²) in [7, 11) is -2.07. The third-order valence-electron chi connectivity index (χ3n) is 2.51. The van der Waals surface area contributed by atoms with Gasteiger partial charge in [-0.2, -0.15) is 0 Å². The van der Waals surface area contributed by atoms with Gasteiger partial charge in [-0.3, -0.25) is 13.6 Å². The van der Waals surface area contributed by atoms with E-state index in [-0.39, 0.29) is 6.10 Å². The lowest BCUT2D eigenvalue weighted by Crippen LogP contribution is -2.15. The van der Waals surface area contributed by atoms with Crippen LogP contribution >= 0.6 is 7.82 Å². The fraction of sp³-hybridized carbons (Fsp3) is 0.727. The van der Waals surface area contributed by atoms with Crippen LogP contribution in [0.15, 0.2) is 18.7 Å². The van der Waals surface area contributed by atoms with Crippen LogP contribution in [0.3, 0.4) is 0 Å². The molecule has 0 aliphatic carbocycles. The molecule has 0 N–H and O–H groups in total. The van der Waals surface area contributed by atoms with E-state index in [9.17, 15) is 4.57 Å². The van der Waals surface area contributed by atoms with E-state index in [0.29, 0.717) is 6.61 Å². The molecule has 2 atom stereocenters. The maximum atomic E-state index is 12.0. The Morgan fingerprint density at radius 1 is 1.44 bits per heavy atom. The molecule has 0 saturated carbocycles. The third-order valence-corrected chi connectivity index (χ3v) is 4.09. The molecule has 0 spiro atoms. The number of imidazole rings is 1. The summed E-state index contributed by atoms with van der Waals surface area (Å²) in [6.07, 6.45) is 6.66. The minimum Gasteiger partial charge on any atom is -0.337 e. The predicted octanol–water partition coefficient (Wildman–Crippen LogP) is 2.86. The van der Waals surface area contributed by atoms with Crippen LogP contribution in [0.5, 0.6) is 0 Å².